The second-order valence-electron chi connectivity index (χ2n) is 12.4. The molecule has 0 aliphatic carbocycles. The largest absolute Gasteiger partial charge is 0.490 e. The lowest BCUT2D eigenvalue weighted by molar-refractivity contribution is 0.0147. The fourth-order valence-corrected chi connectivity index (χ4v) is 5.76. The maximum Gasteiger partial charge on any atom is 0.410 e. The minimum Gasteiger partial charge on any atom is -0.490 e. The van der Waals surface area contributed by atoms with Gasteiger partial charge in [0, 0.05) is 6.54 Å². The molecule has 0 aromatic heterocycles. The second kappa shape index (κ2) is 15.3. The SMILES string of the molecule is CC(C)Oc1cc(-c2ccc(CCN(C[C@H](O)c3ccccc3)C(=O)OC(C)(C)C)cc2)ccc1C(=O)NS(=O)(=O)c1ccccc1. The molecule has 0 unspecified atom stereocenters. The van der Waals surface area contributed by atoms with Crippen molar-refractivity contribution in [2.75, 3.05) is 13.1 Å². The lowest BCUT2D eigenvalue weighted by Crippen LogP contribution is -2.40. The summed E-state index contributed by atoms with van der Waals surface area (Å²) in [5.74, 6) is -0.536. The summed E-state index contributed by atoms with van der Waals surface area (Å²) in [5.41, 5.74) is 2.73. The molecule has 2 N–H and O–H groups in total. The van der Waals surface area contributed by atoms with Crippen molar-refractivity contribution in [1.29, 1.82) is 0 Å². The van der Waals surface area contributed by atoms with E-state index in [4.69, 9.17) is 9.47 Å². The van der Waals surface area contributed by atoms with E-state index < -0.39 is 33.7 Å². The summed E-state index contributed by atoms with van der Waals surface area (Å²) in [4.78, 5) is 27.6. The van der Waals surface area contributed by atoms with Gasteiger partial charge in [0.2, 0.25) is 0 Å². The van der Waals surface area contributed by atoms with Gasteiger partial charge in [0.25, 0.3) is 15.9 Å². The zero-order valence-corrected chi connectivity index (χ0v) is 28.2. The highest BCUT2D eigenvalue weighted by atomic mass is 32.2. The van der Waals surface area contributed by atoms with Gasteiger partial charge in [-0.05, 0) is 87.6 Å². The average molecular weight is 659 g/mol. The van der Waals surface area contributed by atoms with Crippen LogP contribution in [0.1, 0.15) is 62.2 Å². The van der Waals surface area contributed by atoms with Crippen LogP contribution in [0.25, 0.3) is 11.1 Å². The number of hydrogen-bond acceptors (Lipinski definition) is 7. The van der Waals surface area contributed by atoms with E-state index in [1.165, 1.54) is 17.0 Å². The molecule has 248 valence electrons. The zero-order valence-electron chi connectivity index (χ0n) is 27.3. The number of carbonyl (C=O) groups is 2. The van der Waals surface area contributed by atoms with Crippen LogP contribution in [0.4, 0.5) is 4.79 Å². The molecule has 0 heterocycles. The standard InChI is InChI=1S/C37H42N2O7S/c1-26(2)45-34-24-30(20-21-32(34)35(41)38-47(43,44)31-14-10-7-11-15-31)28-18-16-27(17-19-28)22-23-39(36(42)46-37(3,4)5)25-33(40)29-12-8-6-9-13-29/h6-21,24,26,33,40H,22-23,25H2,1-5H3,(H,38,41)/t33-/m0/s1. The molecule has 1 atom stereocenters. The van der Waals surface area contributed by atoms with E-state index in [1.54, 1.807) is 57.2 Å². The Balaban J connectivity index is 1.49. The van der Waals surface area contributed by atoms with Gasteiger partial charge in [0.05, 0.1) is 29.2 Å². The molecule has 4 aromatic carbocycles. The van der Waals surface area contributed by atoms with Gasteiger partial charge < -0.3 is 19.5 Å². The minimum absolute atomic E-state index is 0.0158. The molecule has 0 aliphatic heterocycles. The number of aliphatic hydroxyl groups is 1. The smallest absolute Gasteiger partial charge is 0.410 e. The van der Waals surface area contributed by atoms with Crippen molar-refractivity contribution in [3.8, 4) is 16.9 Å². The van der Waals surface area contributed by atoms with Crippen LogP contribution in [0.15, 0.2) is 108 Å². The number of carbonyl (C=O) groups excluding carboxylic acids is 2. The molecule has 0 saturated carbocycles. The lowest BCUT2D eigenvalue weighted by Gasteiger charge is -2.29. The minimum atomic E-state index is -4.07. The summed E-state index contributed by atoms with van der Waals surface area (Å²) in [6, 6.07) is 29.6. The van der Waals surface area contributed by atoms with Crippen molar-refractivity contribution in [3.05, 3.63) is 120 Å². The van der Waals surface area contributed by atoms with Gasteiger partial charge in [0.1, 0.15) is 11.4 Å². The molecule has 9 nitrogen and oxygen atoms in total. The predicted octanol–water partition coefficient (Wildman–Crippen LogP) is 6.77. The van der Waals surface area contributed by atoms with Crippen LogP contribution in [0, 0.1) is 0 Å². The molecule has 0 aliphatic rings. The highest BCUT2D eigenvalue weighted by Gasteiger charge is 2.25. The van der Waals surface area contributed by atoms with Crippen LogP contribution >= 0.6 is 0 Å². The van der Waals surface area contributed by atoms with E-state index in [1.807, 2.05) is 68.4 Å². The Morgan fingerprint density at radius 3 is 2.04 bits per heavy atom. The number of benzene rings is 4. The van der Waals surface area contributed by atoms with Gasteiger partial charge in [-0.2, -0.15) is 0 Å². The first-order valence-corrected chi connectivity index (χ1v) is 16.9. The van der Waals surface area contributed by atoms with Gasteiger partial charge in [-0.3, -0.25) is 4.79 Å². The fraction of sp³-hybridized carbons (Fsp3) is 0.297. The number of ether oxygens (including phenoxy) is 2. The van der Waals surface area contributed by atoms with Crippen molar-refractivity contribution in [3.63, 3.8) is 0 Å². The Morgan fingerprint density at radius 2 is 1.45 bits per heavy atom. The molecule has 2 amide bonds. The Kier molecular flexibility index (Phi) is 11.4. The first kappa shape index (κ1) is 35.2. The normalized spacial score (nSPS) is 12.3. The first-order valence-electron chi connectivity index (χ1n) is 15.4. The van der Waals surface area contributed by atoms with Crippen molar-refractivity contribution in [1.82, 2.24) is 9.62 Å². The molecule has 4 rings (SSSR count). The zero-order chi connectivity index (χ0) is 34.2. The van der Waals surface area contributed by atoms with Gasteiger partial charge >= 0.3 is 6.09 Å². The van der Waals surface area contributed by atoms with E-state index in [0.717, 1.165) is 16.7 Å². The van der Waals surface area contributed by atoms with Crippen molar-refractivity contribution < 1.29 is 32.6 Å². The fourth-order valence-electron chi connectivity index (χ4n) is 4.78. The van der Waals surface area contributed by atoms with Crippen LogP contribution in [-0.4, -0.2) is 55.2 Å². The number of nitrogens with zero attached hydrogens (tertiary/aromatic N) is 1. The van der Waals surface area contributed by atoms with E-state index in [0.29, 0.717) is 18.5 Å². The molecule has 0 fully saturated rings. The molecular weight excluding hydrogens is 616 g/mol. The average Bonchev–Trinajstić information content (AvgIpc) is 3.02. The maximum atomic E-state index is 13.1. The predicted molar refractivity (Wildman–Crippen MR) is 182 cm³/mol. The third kappa shape index (κ3) is 10.2. The topological polar surface area (TPSA) is 122 Å². The molecule has 0 spiro atoms. The number of rotatable bonds is 12. The van der Waals surface area contributed by atoms with E-state index >= 15 is 0 Å². The maximum absolute atomic E-state index is 13.1. The number of sulfonamides is 1. The molecule has 47 heavy (non-hydrogen) atoms. The second-order valence-corrected chi connectivity index (χ2v) is 14.1. The first-order chi connectivity index (χ1) is 22.2. The van der Waals surface area contributed by atoms with E-state index in [2.05, 4.69) is 4.72 Å². The summed E-state index contributed by atoms with van der Waals surface area (Å²) >= 11 is 0. The summed E-state index contributed by atoms with van der Waals surface area (Å²) in [5, 5.41) is 10.8. The van der Waals surface area contributed by atoms with Crippen molar-refractivity contribution >= 4 is 22.0 Å². The van der Waals surface area contributed by atoms with Crippen LogP contribution in [0.5, 0.6) is 5.75 Å². The summed E-state index contributed by atoms with van der Waals surface area (Å²) in [7, 11) is -4.07. The molecular formula is C37H42N2O7S. The quantitative estimate of drug-likeness (QED) is 0.172. The highest BCUT2D eigenvalue weighted by molar-refractivity contribution is 7.90. The van der Waals surface area contributed by atoms with E-state index in [9.17, 15) is 23.1 Å². The summed E-state index contributed by atoms with van der Waals surface area (Å²) < 4.78 is 39.2. The molecule has 4 aromatic rings. The third-order valence-electron chi connectivity index (χ3n) is 7.06. The van der Waals surface area contributed by atoms with Crippen molar-refractivity contribution in [2.24, 2.45) is 0 Å². The van der Waals surface area contributed by atoms with Gasteiger partial charge in [-0.25, -0.2) is 17.9 Å². The van der Waals surface area contributed by atoms with Gasteiger partial charge in [-0.1, -0.05) is 78.9 Å². The van der Waals surface area contributed by atoms with Crippen LogP contribution in [-0.2, 0) is 21.2 Å². The molecule has 0 bridgehead atoms. The molecule has 0 radical (unpaired) electrons. The number of aliphatic hydroxyl groups excluding tert-OH is 1. The van der Waals surface area contributed by atoms with Crippen LogP contribution < -0.4 is 9.46 Å². The third-order valence-corrected chi connectivity index (χ3v) is 8.40. The highest BCUT2D eigenvalue weighted by Crippen LogP contribution is 2.29. The van der Waals surface area contributed by atoms with Crippen LogP contribution in [0.2, 0.25) is 0 Å². The summed E-state index contributed by atoms with van der Waals surface area (Å²) in [6.45, 7) is 9.48. The number of nitrogens with one attached hydrogen (secondary N) is 1. The molecule has 10 heteroatoms. The number of amides is 2. The van der Waals surface area contributed by atoms with Gasteiger partial charge in [0.15, 0.2) is 0 Å². The van der Waals surface area contributed by atoms with Crippen LogP contribution in [0.3, 0.4) is 0 Å². The van der Waals surface area contributed by atoms with Crippen molar-refractivity contribution in [2.45, 2.75) is 63.7 Å². The monoisotopic (exact) mass is 658 g/mol. The van der Waals surface area contributed by atoms with Gasteiger partial charge in [-0.15, -0.1) is 0 Å². The Hall–Kier alpha value is -4.67. The Bertz CT molecular complexity index is 1750. The number of hydrogen-bond donors (Lipinski definition) is 2. The molecule has 0 saturated heterocycles. The summed E-state index contributed by atoms with van der Waals surface area (Å²) in [6.07, 6.45) is -1.10. The Morgan fingerprint density at radius 1 is 0.851 bits per heavy atom. The van der Waals surface area contributed by atoms with E-state index in [-0.39, 0.29) is 28.9 Å². The Labute approximate surface area is 277 Å². The lowest BCUT2D eigenvalue weighted by atomic mass is 10.0.